The van der Waals surface area contributed by atoms with Gasteiger partial charge in [-0.25, -0.2) is 14.4 Å². The van der Waals surface area contributed by atoms with Crippen molar-refractivity contribution in [2.75, 3.05) is 26.2 Å². The lowest BCUT2D eigenvalue weighted by molar-refractivity contribution is -0.907. The van der Waals surface area contributed by atoms with E-state index in [2.05, 4.69) is 19.1 Å². The number of quaternary nitrogens is 1. The third-order valence-corrected chi connectivity index (χ3v) is 6.81. The number of allylic oxidation sites excluding steroid dienone is 2. The highest BCUT2D eigenvalue weighted by atomic mass is 16.4. The summed E-state index contributed by atoms with van der Waals surface area (Å²) in [5.74, 6) is -3.53. The summed E-state index contributed by atoms with van der Waals surface area (Å²) in [6.45, 7) is 1.04. The maximum atomic E-state index is 11.2. The molecular formula is C29H54NO6+. The number of hydrogen-bond acceptors (Lipinski definition) is 3. The van der Waals surface area contributed by atoms with Gasteiger partial charge in [-0.2, -0.15) is 0 Å². The van der Waals surface area contributed by atoms with Crippen molar-refractivity contribution in [1.29, 1.82) is 0 Å². The molecule has 36 heavy (non-hydrogen) atoms. The van der Waals surface area contributed by atoms with Crippen LogP contribution in [0.2, 0.25) is 0 Å². The van der Waals surface area contributed by atoms with Crippen LogP contribution in [0.1, 0.15) is 129 Å². The molecule has 0 saturated heterocycles. The van der Waals surface area contributed by atoms with Crippen LogP contribution in [0.15, 0.2) is 12.2 Å². The van der Waals surface area contributed by atoms with Gasteiger partial charge in [-0.3, -0.25) is 4.48 Å². The second-order valence-corrected chi connectivity index (χ2v) is 10.4. The van der Waals surface area contributed by atoms with Crippen LogP contribution in [-0.2, 0) is 14.4 Å². The first-order valence-electron chi connectivity index (χ1n) is 14.5. The van der Waals surface area contributed by atoms with Gasteiger partial charge in [0.05, 0.1) is 6.54 Å². The van der Waals surface area contributed by atoms with E-state index in [9.17, 15) is 14.4 Å². The molecule has 0 atom stereocenters. The van der Waals surface area contributed by atoms with Crippen molar-refractivity contribution in [3.05, 3.63) is 12.2 Å². The van der Waals surface area contributed by atoms with Gasteiger partial charge in [0.25, 0.3) is 0 Å². The SMILES string of the molecule is CCCCCCCCCCCCCCCC/C=C/CCCCC[N+](CC(=O)O)(CC(=O)O)CC(=O)O. The number of aliphatic carboxylic acids is 3. The number of carboxylic acids is 3. The molecule has 0 saturated carbocycles. The predicted molar refractivity (Wildman–Crippen MR) is 145 cm³/mol. The predicted octanol–water partition coefficient (Wildman–Crippen LogP) is 7.05. The van der Waals surface area contributed by atoms with E-state index in [1.54, 1.807) is 0 Å². The number of carbonyl (C=O) groups is 3. The topological polar surface area (TPSA) is 112 Å². The first-order valence-corrected chi connectivity index (χ1v) is 14.5. The Morgan fingerprint density at radius 3 is 1.14 bits per heavy atom. The number of unbranched alkanes of at least 4 members (excludes halogenated alkanes) is 17. The summed E-state index contributed by atoms with van der Waals surface area (Å²) in [5.41, 5.74) is 0. The molecule has 0 aromatic carbocycles. The van der Waals surface area contributed by atoms with Crippen molar-refractivity contribution in [3.63, 3.8) is 0 Å². The molecule has 0 aliphatic heterocycles. The van der Waals surface area contributed by atoms with E-state index in [1.807, 2.05) is 0 Å². The summed E-state index contributed by atoms with van der Waals surface area (Å²) in [6, 6.07) is 0. The minimum atomic E-state index is -1.18. The molecule has 0 unspecified atom stereocenters. The van der Waals surface area contributed by atoms with Gasteiger partial charge in [0.1, 0.15) is 0 Å². The molecule has 0 aromatic rings. The zero-order chi connectivity index (χ0) is 26.9. The van der Waals surface area contributed by atoms with E-state index in [4.69, 9.17) is 15.3 Å². The molecule has 0 aliphatic rings. The van der Waals surface area contributed by atoms with Crippen LogP contribution < -0.4 is 0 Å². The molecule has 0 fully saturated rings. The molecule has 3 N–H and O–H groups in total. The van der Waals surface area contributed by atoms with Gasteiger partial charge in [0.2, 0.25) is 0 Å². The van der Waals surface area contributed by atoms with Crippen LogP contribution in [0, 0.1) is 0 Å². The van der Waals surface area contributed by atoms with Gasteiger partial charge in [-0.15, -0.1) is 0 Å². The molecule has 7 heteroatoms. The fourth-order valence-corrected chi connectivity index (χ4v) is 4.84. The average molecular weight is 513 g/mol. The molecule has 0 aliphatic carbocycles. The largest absolute Gasteiger partial charge is 0.477 e. The Labute approximate surface area is 219 Å². The smallest absolute Gasteiger partial charge is 0.359 e. The molecule has 0 amide bonds. The Hall–Kier alpha value is -1.89. The summed E-state index contributed by atoms with van der Waals surface area (Å²) >= 11 is 0. The summed E-state index contributed by atoms with van der Waals surface area (Å²) in [5, 5.41) is 27.4. The van der Waals surface area contributed by atoms with Crippen molar-refractivity contribution in [3.8, 4) is 0 Å². The zero-order valence-corrected chi connectivity index (χ0v) is 22.9. The van der Waals surface area contributed by atoms with Crippen LogP contribution in [0.4, 0.5) is 0 Å². The standard InChI is InChI=1S/C29H53NO6/c1-2-3-4-5-6-7-8-9-10-11-12-13-14-15-16-17-18-19-20-21-22-23-30(24-27(31)32,25-28(33)34)26-29(35)36/h17-18H,2-16,19-26H2,1H3,(H2-,31,32,33,34,35,36)/p+1/b18-17+. The zero-order valence-electron chi connectivity index (χ0n) is 22.9. The normalized spacial score (nSPS) is 11.8. The molecule has 0 bridgehead atoms. The molecule has 7 nitrogen and oxygen atoms in total. The monoisotopic (exact) mass is 512 g/mol. The molecule has 210 valence electrons. The van der Waals surface area contributed by atoms with Gasteiger partial charge in [0, 0.05) is 0 Å². The van der Waals surface area contributed by atoms with Gasteiger partial charge >= 0.3 is 17.9 Å². The number of nitrogens with zero attached hydrogens (tertiary/aromatic N) is 1. The molecule has 0 spiro atoms. The average Bonchev–Trinajstić information content (AvgIpc) is 2.78. The first kappa shape index (κ1) is 34.1. The van der Waals surface area contributed by atoms with Gasteiger partial charge in [-0.1, -0.05) is 103 Å². The Bertz CT molecular complexity index is 564. The van der Waals surface area contributed by atoms with Gasteiger partial charge in [0.15, 0.2) is 19.6 Å². The van der Waals surface area contributed by atoms with E-state index in [0.717, 1.165) is 25.7 Å². The van der Waals surface area contributed by atoms with E-state index in [-0.39, 0.29) is 6.54 Å². The van der Waals surface area contributed by atoms with Crippen molar-refractivity contribution in [2.45, 2.75) is 129 Å². The highest BCUT2D eigenvalue weighted by Crippen LogP contribution is 2.14. The van der Waals surface area contributed by atoms with Gasteiger partial charge in [-0.05, 0) is 38.5 Å². The Morgan fingerprint density at radius 2 is 0.806 bits per heavy atom. The molecule has 0 heterocycles. The maximum Gasteiger partial charge on any atom is 0.359 e. The third kappa shape index (κ3) is 22.6. The minimum Gasteiger partial charge on any atom is -0.477 e. The Balaban J connectivity index is 3.72. The van der Waals surface area contributed by atoms with Crippen LogP contribution in [-0.4, -0.2) is 63.9 Å². The fourth-order valence-electron chi connectivity index (χ4n) is 4.84. The number of rotatable bonds is 27. The number of carboxylic acid groups (broad SMARTS) is 3. The second-order valence-electron chi connectivity index (χ2n) is 10.4. The minimum absolute atomic E-state index is 0.244. The summed E-state index contributed by atoms with van der Waals surface area (Å²) in [6.07, 6.45) is 28.0. The molecule has 0 radical (unpaired) electrons. The molecule has 0 aromatic heterocycles. The summed E-state index contributed by atoms with van der Waals surface area (Å²) in [4.78, 5) is 33.6. The van der Waals surface area contributed by atoms with E-state index in [0.29, 0.717) is 6.42 Å². The molecule has 0 rings (SSSR count). The molecular weight excluding hydrogens is 458 g/mol. The van der Waals surface area contributed by atoms with Crippen LogP contribution >= 0.6 is 0 Å². The van der Waals surface area contributed by atoms with Crippen LogP contribution in [0.25, 0.3) is 0 Å². The first-order chi connectivity index (χ1) is 17.3. The quantitative estimate of drug-likeness (QED) is 0.0618. The second kappa shape index (κ2) is 23.5. The van der Waals surface area contributed by atoms with Gasteiger partial charge < -0.3 is 15.3 Å². The lowest BCUT2D eigenvalue weighted by Gasteiger charge is -2.34. The van der Waals surface area contributed by atoms with Crippen molar-refractivity contribution in [2.24, 2.45) is 0 Å². The Kier molecular flexibility index (Phi) is 22.3. The summed E-state index contributed by atoms with van der Waals surface area (Å²) < 4.78 is -0.449. The fraction of sp³-hybridized carbons (Fsp3) is 0.828. The van der Waals surface area contributed by atoms with E-state index < -0.39 is 42.0 Å². The van der Waals surface area contributed by atoms with Crippen LogP contribution in [0.5, 0.6) is 0 Å². The highest BCUT2D eigenvalue weighted by molar-refractivity contribution is 5.73. The van der Waals surface area contributed by atoms with E-state index >= 15 is 0 Å². The highest BCUT2D eigenvalue weighted by Gasteiger charge is 2.35. The lowest BCUT2D eigenvalue weighted by Crippen LogP contribution is -2.57. The van der Waals surface area contributed by atoms with Crippen LogP contribution in [0.3, 0.4) is 0 Å². The van der Waals surface area contributed by atoms with Crippen molar-refractivity contribution >= 4 is 17.9 Å². The van der Waals surface area contributed by atoms with E-state index in [1.165, 1.54) is 89.9 Å². The summed E-state index contributed by atoms with van der Waals surface area (Å²) in [7, 11) is 0. The lowest BCUT2D eigenvalue weighted by atomic mass is 10.0. The Morgan fingerprint density at radius 1 is 0.500 bits per heavy atom. The maximum absolute atomic E-state index is 11.2. The van der Waals surface area contributed by atoms with Crippen molar-refractivity contribution in [1.82, 2.24) is 0 Å². The third-order valence-electron chi connectivity index (χ3n) is 6.81. The number of hydrogen-bond donors (Lipinski definition) is 3. The van der Waals surface area contributed by atoms with Crippen molar-refractivity contribution < 1.29 is 34.2 Å².